The molecule has 1 aliphatic carbocycles. The molecule has 1 saturated carbocycles. The van der Waals surface area contributed by atoms with Gasteiger partial charge in [0, 0.05) is 18.4 Å². The maximum atomic E-state index is 12.2. The number of aliphatic carboxylic acids is 1. The molecule has 1 aliphatic rings. The minimum atomic E-state index is -1.13. The molecule has 0 bridgehead atoms. The van der Waals surface area contributed by atoms with Crippen LogP contribution in [0.1, 0.15) is 45.6 Å². The van der Waals surface area contributed by atoms with Crippen LogP contribution in [-0.4, -0.2) is 26.2 Å². The number of carbonyl (C=O) groups is 1. The van der Waals surface area contributed by atoms with Gasteiger partial charge in [-0.25, -0.2) is 9.78 Å². The molecule has 2 rings (SSSR count). The number of hydrogen-bond acceptors (Lipinski definition) is 4. The average Bonchev–Trinajstić information content (AvgIpc) is 3.22. The summed E-state index contributed by atoms with van der Waals surface area (Å²) >= 11 is 0. The van der Waals surface area contributed by atoms with Gasteiger partial charge in [-0.1, -0.05) is 13.8 Å². The van der Waals surface area contributed by atoms with Crippen LogP contribution in [0.2, 0.25) is 0 Å². The lowest BCUT2D eigenvalue weighted by Gasteiger charge is -2.28. The number of rotatable bonds is 6. The Morgan fingerprint density at radius 1 is 1.53 bits per heavy atom. The van der Waals surface area contributed by atoms with Crippen LogP contribution in [-0.2, 0) is 4.79 Å². The summed E-state index contributed by atoms with van der Waals surface area (Å²) in [7, 11) is 0. The van der Waals surface area contributed by atoms with Crippen molar-refractivity contribution in [2.24, 2.45) is 0 Å². The van der Waals surface area contributed by atoms with Gasteiger partial charge in [0.2, 0.25) is 0 Å². The molecule has 1 aromatic rings. The van der Waals surface area contributed by atoms with Gasteiger partial charge in [0.1, 0.15) is 5.54 Å². The third-order valence-electron chi connectivity index (χ3n) is 3.78. The van der Waals surface area contributed by atoms with Gasteiger partial charge >= 0.3 is 5.97 Å². The summed E-state index contributed by atoms with van der Waals surface area (Å²) in [5.74, 6) is -0.832. The lowest BCUT2D eigenvalue weighted by molar-refractivity contribution is -0.142. The molecule has 0 unspecified atom stereocenters. The molecule has 0 saturated heterocycles. The van der Waals surface area contributed by atoms with Crippen molar-refractivity contribution >= 4 is 11.8 Å². The minimum absolute atomic E-state index is 0.125. The van der Waals surface area contributed by atoms with Crippen molar-refractivity contribution in [1.82, 2.24) is 9.55 Å². The second-order valence-corrected chi connectivity index (χ2v) is 4.94. The SMILES string of the molecule is CCC(CC)(Nc1nccn(C2CC2)c1=O)C(=O)O. The fourth-order valence-electron chi connectivity index (χ4n) is 2.16. The molecule has 1 heterocycles. The third-order valence-corrected chi connectivity index (χ3v) is 3.78. The molecule has 0 aromatic carbocycles. The predicted molar refractivity (Wildman–Crippen MR) is 71.3 cm³/mol. The number of carboxylic acids is 1. The number of carboxylic acid groups (broad SMARTS) is 1. The molecule has 0 radical (unpaired) electrons. The summed E-state index contributed by atoms with van der Waals surface area (Å²) < 4.78 is 1.63. The maximum Gasteiger partial charge on any atom is 0.329 e. The van der Waals surface area contributed by atoms with E-state index in [1.807, 2.05) is 0 Å². The van der Waals surface area contributed by atoms with Gasteiger partial charge in [-0.05, 0) is 25.7 Å². The smallest absolute Gasteiger partial charge is 0.329 e. The minimum Gasteiger partial charge on any atom is -0.480 e. The number of anilines is 1. The van der Waals surface area contributed by atoms with E-state index in [4.69, 9.17) is 0 Å². The van der Waals surface area contributed by atoms with E-state index < -0.39 is 11.5 Å². The summed E-state index contributed by atoms with van der Waals surface area (Å²) in [6.07, 6.45) is 5.96. The van der Waals surface area contributed by atoms with Gasteiger partial charge in [0.15, 0.2) is 5.82 Å². The summed E-state index contributed by atoms with van der Waals surface area (Å²) in [6, 6.07) is 0.249. The third kappa shape index (κ3) is 2.47. The summed E-state index contributed by atoms with van der Waals surface area (Å²) in [5.41, 5.74) is -1.37. The molecular formula is C13H19N3O3. The molecule has 0 spiro atoms. The first-order valence-electron chi connectivity index (χ1n) is 6.62. The molecule has 104 valence electrons. The van der Waals surface area contributed by atoms with E-state index >= 15 is 0 Å². The Hall–Kier alpha value is -1.85. The van der Waals surface area contributed by atoms with Crippen molar-refractivity contribution < 1.29 is 9.90 Å². The van der Waals surface area contributed by atoms with Crippen LogP contribution in [0.3, 0.4) is 0 Å². The zero-order chi connectivity index (χ0) is 14.0. The van der Waals surface area contributed by atoms with Gasteiger partial charge < -0.3 is 15.0 Å². The molecule has 1 aromatic heterocycles. The normalized spacial score (nSPS) is 15.3. The van der Waals surface area contributed by atoms with E-state index in [2.05, 4.69) is 10.3 Å². The van der Waals surface area contributed by atoms with Crippen molar-refractivity contribution in [1.29, 1.82) is 0 Å². The van der Waals surface area contributed by atoms with Crippen LogP contribution in [0.5, 0.6) is 0 Å². The zero-order valence-corrected chi connectivity index (χ0v) is 11.2. The predicted octanol–water partition coefficient (Wildman–Crippen LogP) is 1.63. The van der Waals surface area contributed by atoms with E-state index in [0.717, 1.165) is 12.8 Å². The maximum absolute atomic E-state index is 12.2. The van der Waals surface area contributed by atoms with Crippen LogP contribution >= 0.6 is 0 Å². The Morgan fingerprint density at radius 3 is 2.63 bits per heavy atom. The Labute approximate surface area is 111 Å². The number of aromatic nitrogens is 2. The van der Waals surface area contributed by atoms with Crippen LogP contribution in [0.25, 0.3) is 0 Å². The van der Waals surface area contributed by atoms with Gasteiger partial charge in [-0.3, -0.25) is 4.79 Å². The van der Waals surface area contributed by atoms with E-state index in [0.29, 0.717) is 12.8 Å². The highest BCUT2D eigenvalue weighted by Crippen LogP contribution is 2.33. The van der Waals surface area contributed by atoms with Gasteiger partial charge in [-0.15, -0.1) is 0 Å². The molecule has 2 N–H and O–H groups in total. The summed E-state index contributed by atoms with van der Waals surface area (Å²) in [6.45, 7) is 3.57. The fourth-order valence-corrected chi connectivity index (χ4v) is 2.16. The topological polar surface area (TPSA) is 84.2 Å². The largest absolute Gasteiger partial charge is 0.480 e. The molecule has 0 amide bonds. The standard InChI is InChI=1S/C13H19N3O3/c1-3-13(4-2,12(18)19)15-10-11(17)16(8-7-14-10)9-5-6-9/h7-9H,3-6H2,1-2H3,(H,14,15)(H,18,19). The fraction of sp³-hybridized carbons (Fsp3) is 0.615. The quantitative estimate of drug-likeness (QED) is 0.816. The molecular weight excluding hydrogens is 246 g/mol. The van der Waals surface area contributed by atoms with Gasteiger partial charge in [0.05, 0.1) is 0 Å². The second-order valence-electron chi connectivity index (χ2n) is 4.94. The first kappa shape index (κ1) is 13.6. The lowest BCUT2D eigenvalue weighted by atomic mass is 9.93. The van der Waals surface area contributed by atoms with Crippen molar-refractivity contribution in [3.8, 4) is 0 Å². The highest BCUT2D eigenvalue weighted by molar-refractivity contribution is 5.82. The van der Waals surface area contributed by atoms with E-state index in [9.17, 15) is 14.7 Å². The van der Waals surface area contributed by atoms with Crippen LogP contribution in [0, 0.1) is 0 Å². The molecule has 1 fully saturated rings. The molecule has 6 nitrogen and oxygen atoms in total. The molecule has 6 heteroatoms. The van der Waals surface area contributed by atoms with Crippen molar-refractivity contribution in [2.75, 3.05) is 5.32 Å². The van der Waals surface area contributed by atoms with Crippen molar-refractivity contribution in [3.05, 3.63) is 22.7 Å². The Morgan fingerprint density at radius 2 is 2.16 bits per heavy atom. The van der Waals surface area contributed by atoms with Crippen molar-refractivity contribution in [2.45, 2.75) is 51.1 Å². The van der Waals surface area contributed by atoms with E-state index in [-0.39, 0.29) is 17.4 Å². The molecule has 0 aliphatic heterocycles. The van der Waals surface area contributed by atoms with E-state index in [1.165, 1.54) is 0 Å². The average molecular weight is 265 g/mol. The number of nitrogens with one attached hydrogen (secondary N) is 1. The van der Waals surface area contributed by atoms with Crippen LogP contribution < -0.4 is 10.9 Å². The van der Waals surface area contributed by atoms with E-state index in [1.54, 1.807) is 30.8 Å². The van der Waals surface area contributed by atoms with Gasteiger partial charge in [-0.2, -0.15) is 0 Å². The zero-order valence-electron chi connectivity index (χ0n) is 11.2. The van der Waals surface area contributed by atoms with Crippen LogP contribution in [0.4, 0.5) is 5.82 Å². The first-order valence-corrected chi connectivity index (χ1v) is 6.62. The monoisotopic (exact) mass is 265 g/mol. The first-order chi connectivity index (χ1) is 9.04. The number of nitrogens with zero attached hydrogens (tertiary/aromatic N) is 2. The Balaban J connectivity index is 2.34. The summed E-state index contributed by atoms with van der Waals surface area (Å²) in [5, 5.41) is 12.2. The summed E-state index contributed by atoms with van der Waals surface area (Å²) in [4.78, 5) is 27.7. The highest BCUT2D eigenvalue weighted by atomic mass is 16.4. The molecule has 0 atom stereocenters. The Kier molecular flexibility index (Phi) is 3.59. The van der Waals surface area contributed by atoms with Crippen LogP contribution in [0.15, 0.2) is 17.2 Å². The Bertz CT molecular complexity index is 530. The second kappa shape index (κ2) is 5.03. The molecule has 19 heavy (non-hydrogen) atoms. The lowest BCUT2D eigenvalue weighted by Crippen LogP contribution is -2.47. The van der Waals surface area contributed by atoms with Gasteiger partial charge in [0.25, 0.3) is 5.56 Å². The highest BCUT2D eigenvalue weighted by Gasteiger charge is 2.36. The number of hydrogen-bond donors (Lipinski definition) is 2. The van der Waals surface area contributed by atoms with Crippen molar-refractivity contribution in [3.63, 3.8) is 0 Å².